The van der Waals surface area contributed by atoms with Crippen LogP contribution in [0.5, 0.6) is 0 Å². The molecule has 0 saturated carbocycles. The van der Waals surface area contributed by atoms with Gasteiger partial charge in [0, 0.05) is 31.3 Å². The second-order valence-corrected chi connectivity index (χ2v) is 8.78. The molecule has 1 unspecified atom stereocenters. The smallest absolute Gasteiger partial charge is 0.306 e. The van der Waals surface area contributed by atoms with E-state index in [2.05, 4.69) is 16.1 Å². The highest BCUT2D eigenvalue weighted by atomic mass is 16.6. The third-order valence-electron chi connectivity index (χ3n) is 5.25. The van der Waals surface area contributed by atoms with Crippen molar-refractivity contribution >= 4 is 23.1 Å². The summed E-state index contributed by atoms with van der Waals surface area (Å²) in [5.41, 5.74) is 9.16. The van der Waals surface area contributed by atoms with Gasteiger partial charge in [-0.25, -0.2) is 9.50 Å². The fourth-order valence-corrected chi connectivity index (χ4v) is 3.85. The van der Waals surface area contributed by atoms with Gasteiger partial charge in [0.25, 0.3) is 0 Å². The third kappa shape index (κ3) is 4.56. The molecule has 3 rings (SSSR count). The van der Waals surface area contributed by atoms with Crippen LogP contribution in [0.4, 0.5) is 11.5 Å². The maximum Gasteiger partial charge on any atom is 0.306 e. The van der Waals surface area contributed by atoms with Crippen molar-refractivity contribution in [1.82, 2.24) is 14.6 Å². The quantitative estimate of drug-likeness (QED) is 0.808. The molecular weight excluding hydrogens is 354 g/mol. The van der Waals surface area contributed by atoms with Gasteiger partial charge in [-0.05, 0) is 59.3 Å². The van der Waals surface area contributed by atoms with Crippen LogP contribution in [0.2, 0.25) is 0 Å². The minimum Gasteiger partial charge on any atom is -0.460 e. The van der Waals surface area contributed by atoms with Crippen molar-refractivity contribution < 1.29 is 9.53 Å². The predicted molar refractivity (Wildman–Crippen MR) is 112 cm³/mol. The number of aromatic nitrogens is 3. The Morgan fingerprint density at radius 1 is 1.32 bits per heavy atom. The SMILES string of the molecule is CCc1nn2c(C)cc(N3CCCC(CC(=O)OC(C)(C)C)CC3)nc2c1N. The van der Waals surface area contributed by atoms with Crippen molar-refractivity contribution in [3.8, 4) is 0 Å². The zero-order chi connectivity index (χ0) is 20.5. The monoisotopic (exact) mass is 387 g/mol. The Kier molecular flexibility index (Phi) is 5.82. The van der Waals surface area contributed by atoms with E-state index in [1.807, 2.05) is 39.1 Å². The number of nitrogens with two attached hydrogens (primary N) is 1. The number of hydrogen-bond donors (Lipinski definition) is 1. The largest absolute Gasteiger partial charge is 0.460 e. The lowest BCUT2D eigenvalue weighted by atomic mass is 9.97. The third-order valence-corrected chi connectivity index (χ3v) is 5.25. The number of nitrogen functional groups attached to an aromatic ring is 1. The molecule has 3 heterocycles. The van der Waals surface area contributed by atoms with Gasteiger partial charge in [-0.3, -0.25) is 4.79 Å². The number of fused-ring (bicyclic) bond motifs is 1. The molecule has 7 nitrogen and oxygen atoms in total. The molecule has 2 aromatic rings. The van der Waals surface area contributed by atoms with Crippen LogP contribution in [0.3, 0.4) is 0 Å². The average molecular weight is 388 g/mol. The Morgan fingerprint density at radius 2 is 2.07 bits per heavy atom. The van der Waals surface area contributed by atoms with E-state index in [1.165, 1.54) is 0 Å². The van der Waals surface area contributed by atoms with Gasteiger partial charge in [0.15, 0.2) is 5.65 Å². The molecule has 1 aliphatic heterocycles. The number of esters is 1. The van der Waals surface area contributed by atoms with E-state index in [0.29, 0.717) is 18.0 Å². The summed E-state index contributed by atoms with van der Waals surface area (Å²) in [6.07, 6.45) is 4.31. The van der Waals surface area contributed by atoms with E-state index in [9.17, 15) is 4.79 Å². The number of hydrogen-bond acceptors (Lipinski definition) is 6. The second kappa shape index (κ2) is 7.97. The molecular formula is C21H33N5O2. The van der Waals surface area contributed by atoms with Crippen molar-refractivity contribution in [1.29, 1.82) is 0 Å². The van der Waals surface area contributed by atoms with E-state index in [-0.39, 0.29) is 5.97 Å². The molecule has 0 amide bonds. The maximum absolute atomic E-state index is 12.2. The highest BCUT2D eigenvalue weighted by Gasteiger charge is 2.24. The van der Waals surface area contributed by atoms with Gasteiger partial charge >= 0.3 is 5.97 Å². The Hall–Kier alpha value is -2.31. The van der Waals surface area contributed by atoms with E-state index >= 15 is 0 Å². The number of carbonyl (C=O) groups excluding carboxylic acids is 1. The molecule has 7 heteroatoms. The Morgan fingerprint density at radius 3 is 2.75 bits per heavy atom. The molecule has 0 aliphatic carbocycles. The maximum atomic E-state index is 12.2. The van der Waals surface area contributed by atoms with Gasteiger partial charge in [0.1, 0.15) is 17.1 Å². The van der Waals surface area contributed by atoms with Crippen LogP contribution in [0.1, 0.15) is 64.8 Å². The van der Waals surface area contributed by atoms with Gasteiger partial charge in [0.05, 0.1) is 5.69 Å². The van der Waals surface area contributed by atoms with Crippen LogP contribution < -0.4 is 10.6 Å². The highest BCUT2D eigenvalue weighted by molar-refractivity contribution is 5.70. The van der Waals surface area contributed by atoms with Gasteiger partial charge in [-0.15, -0.1) is 0 Å². The molecule has 0 radical (unpaired) electrons. The number of rotatable bonds is 4. The van der Waals surface area contributed by atoms with Crippen molar-refractivity contribution in [2.45, 2.75) is 72.3 Å². The van der Waals surface area contributed by atoms with Gasteiger partial charge < -0.3 is 15.4 Å². The fourth-order valence-electron chi connectivity index (χ4n) is 3.85. The van der Waals surface area contributed by atoms with E-state index in [0.717, 1.165) is 61.6 Å². The number of ether oxygens (including phenoxy) is 1. The van der Waals surface area contributed by atoms with Crippen LogP contribution in [0, 0.1) is 12.8 Å². The lowest BCUT2D eigenvalue weighted by Crippen LogP contribution is -2.27. The molecule has 2 N–H and O–H groups in total. The Bertz CT molecular complexity index is 853. The van der Waals surface area contributed by atoms with Gasteiger partial charge in [-0.1, -0.05) is 6.92 Å². The number of carbonyl (C=O) groups is 1. The summed E-state index contributed by atoms with van der Waals surface area (Å²) in [4.78, 5) is 19.3. The minimum atomic E-state index is -0.423. The molecule has 154 valence electrons. The predicted octanol–water partition coefficient (Wildman–Crippen LogP) is 3.52. The Balaban J connectivity index is 1.72. The lowest BCUT2D eigenvalue weighted by Gasteiger charge is -2.23. The standard InChI is InChI=1S/C21H33N5O2/c1-6-16-19(22)20-23-17(12-14(2)26(20)24-16)25-10-7-8-15(9-11-25)13-18(27)28-21(3,4)5/h12,15H,6-11,13,22H2,1-5H3. The fraction of sp³-hybridized carbons (Fsp3) is 0.667. The summed E-state index contributed by atoms with van der Waals surface area (Å²) in [6, 6.07) is 2.08. The molecule has 1 atom stereocenters. The summed E-state index contributed by atoms with van der Waals surface area (Å²) < 4.78 is 7.33. The summed E-state index contributed by atoms with van der Waals surface area (Å²) in [5, 5.41) is 4.57. The average Bonchev–Trinajstić information content (AvgIpc) is 2.77. The summed E-state index contributed by atoms with van der Waals surface area (Å²) >= 11 is 0. The number of nitrogens with zero attached hydrogens (tertiary/aromatic N) is 4. The van der Waals surface area contributed by atoms with Crippen molar-refractivity contribution in [2.75, 3.05) is 23.7 Å². The highest BCUT2D eigenvalue weighted by Crippen LogP contribution is 2.27. The molecule has 1 aliphatic rings. The lowest BCUT2D eigenvalue weighted by molar-refractivity contribution is -0.156. The van der Waals surface area contributed by atoms with Crippen molar-refractivity contribution in [3.63, 3.8) is 0 Å². The van der Waals surface area contributed by atoms with Crippen LogP contribution in [-0.2, 0) is 16.0 Å². The molecule has 1 fully saturated rings. The zero-order valence-electron chi connectivity index (χ0n) is 17.8. The van der Waals surface area contributed by atoms with E-state index in [1.54, 1.807) is 0 Å². The molecule has 0 bridgehead atoms. The molecule has 1 saturated heterocycles. The topological polar surface area (TPSA) is 85.8 Å². The molecule has 2 aromatic heterocycles. The van der Waals surface area contributed by atoms with Crippen molar-refractivity contribution in [2.24, 2.45) is 5.92 Å². The van der Waals surface area contributed by atoms with E-state index < -0.39 is 5.60 Å². The van der Waals surface area contributed by atoms with Crippen LogP contribution >= 0.6 is 0 Å². The van der Waals surface area contributed by atoms with Gasteiger partial charge in [0.2, 0.25) is 0 Å². The summed E-state index contributed by atoms with van der Waals surface area (Å²) in [7, 11) is 0. The summed E-state index contributed by atoms with van der Waals surface area (Å²) in [6.45, 7) is 11.6. The first-order valence-corrected chi connectivity index (χ1v) is 10.3. The zero-order valence-corrected chi connectivity index (χ0v) is 17.8. The second-order valence-electron chi connectivity index (χ2n) is 8.78. The van der Waals surface area contributed by atoms with Crippen LogP contribution in [0.25, 0.3) is 5.65 Å². The number of anilines is 2. The van der Waals surface area contributed by atoms with Gasteiger partial charge in [-0.2, -0.15) is 5.10 Å². The van der Waals surface area contributed by atoms with Crippen LogP contribution in [0.15, 0.2) is 6.07 Å². The Labute approximate surface area is 167 Å². The first-order chi connectivity index (χ1) is 13.2. The first-order valence-electron chi connectivity index (χ1n) is 10.3. The molecule has 0 aromatic carbocycles. The number of aryl methyl sites for hydroxylation is 2. The molecule has 0 spiro atoms. The minimum absolute atomic E-state index is 0.0968. The summed E-state index contributed by atoms with van der Waals surface area (Å²) in [5.74, 6) is 1.20. The first kappa shape index (κ1) is 20.4. The normalized spacial score (nSPS) is 18.3. The molecule has 28 heavy (non-hydrogen) atoms. The van der Waals surface area contributed by atoms with Crippen molar-refractivity contribution in [3.05, 3.63) is 17.5 Å². The van der Waals surface area contributed by atoms with E-state index in [4.69, 9.17) is 15.5 Å². The van der Waals surface area contributed by atoms with Crippen LogP contribution in [-0.4, -0.2) is 39.3 Å².